The van der Waals surface area contributed by atoms with Gasteiger partial charge in [0.15, 0.2) is 0 Å². The van der Waals surface area contributed by atoms with Gasteiger partial charge in [-0.25, -0.2) is 9.97 Å². The Morgan fingerprint density at radius 3 is 2.15 bits per heavy atom. The molecule has 3 heteroatoms. The van der Waals surface area contributed by atoms with Crippen LogP contribution < -0.4 is 5.32 Å². The third-order valence-corrected chi connectivity index (χ3v) is 1.91. The molecule has 0 aromatic carbocycles. The van der Waals surface area contributed by atoms with Crippen LogP contribution >= 0.6 is 0 Å². The van der Waals surface area contributed by atoms with E-state index in [-0.39, 0.29) is 5.41 Å². The first kappa shape index (κ1) is 10.1. The predicted molar refractivity (Wildman–Crippen MR) is 53.5 cm³/mol. The molecule has 0 radical (unpaired) electrons. The van der Waals surface area contributed by atoms with Crippen molar-refractivity contribution in [3.8, 4) is 0 Å². The van der Waals surface area contributed by atoms with Crippen molar-refractivity contribution in [3.05, 3.63) is 23.8 Å². The summed E-state index contributed by atoms with van der Waals surface area (Å²) in [6.45, 7) is 7.20. The largest absolute Gasteiger partial charge is 0.313 e. The molecule has 0 aliphatic carbocycles. The normalized spacial score (nSPS) is 11.7. The summed E-state index contributed by atoms with van der Waals surface area (Å²) in [5.74, 6) is 0.843. The van der Waals surface area contributed by atoms with Gasteiger partial charge in [-0.05, 0) is 18.0 Å². The van der Waals surface area contributed by atoms with E-state index in [2.05, 4.69) is 36.1 Å². The molecule has 0 saturated carbocycles. The first-order valence-corrected chi connectivity index (χ1v) is 4.50. The average molecular weight is 179 g/mol. The Hall–Kier alpha value is -0.960. The lowest BCUT2D eigenvalue weighted by atomic mass is 9.89. The Bertz CT molecular complexity index is 258. The van der Waals surface area contributed by atoms with Crippen LogP contribution in [0.25, 0.3) is 0 Å². The fourth-order valence-corrected chi connectivity index (χ4v) is 0.991. The molecule has 1 heterocycles. The van der Waals surface area contributed by atoms with Gasteiger partial charge >= 0.3 is 0 Å². The molecule has 0 atom stereocenters. The summed E-state index contributed by atoms with van der Waals surface area (Å²) in [5, 5.41) is 3.02. The van der Waals surface area contributed by atoms with Gasteiger partial charge in [-0.2, -0.15) is 0 Å². The Morgan fingerprint density at radius 2 is 1.77 bits per heavy atom. The summed E-state index contributed by atoms with van der Waals surface area (Å²) < 4.78 is 0. The molecule has 0 unspecified atom stereocenters. The molecule has 1 aromatic heterocycles. The Morgan fingerprint density at radius 1 is 1.23 bits per heavy atom. The van der Waals surface area contributed by atoms with E-state index in [4.69, 9.17) is 0 Å². The Labute approximate surface area is 79.6 Å². The van der Waals surface area contributed by atoms with Crippen molar-refractivity contribution in [3.63, 3.8) is 0 Å². The van der Waals surface area contributed by atoms with Crippen molar-refractivity contribution in [1.82, 2.24) is 15.3 Å². The molecule has 1 rings (SSSR count). The van der Waals surface area contributed by atoms with E-state index >= 15 is 0 Å². The molecular formula is C10H17N3. The number of hydrogen-bond acceptors (Lipinski definition) is 3. The third kappa shape index (κ3) is 2.77. The van der Waals surface area contributed by atoms with Crippen LogP contribution in [0.3, 0.4) is 0 Å². The summed E-state index contributed by atoms with van der Waals surface area (Å²) in [6.07, 6.45) is 3.80. The highest BCUT2D eigenvalue weighted by Gasteiger charge is 2.13. The van der Waals surface area contributed by atoms with Crippen LogP contribution in [0.4, 0.5) is 0 Å². The fourth-order valence-electron chi connectivity index (χ4n) is 0.991. The van der Waals surface area contributed by atoms with E-state index in [1.165, 1.54) is 5.56 Å². The summed E-state index contributed by atoms with van der Waals surface area (Å²) in [5.41, 5.74) is 1.31. The monoisotopic (exact) mass is 179 g/mol. The van der Waals surface area contributed by atoms with Gasteiger partial charge in [0.25, 0.3) is 0 Å². The maximum Gasteiger partial charge on any atom is 0.141 e. The van der Waals surface area contributed by atoms with Crippen LogP contribution in [0.15, 0.2) is 12.4 Å². The highest BCUT2D eigenvalue weighted by molar-refractivity contribution is 5.15. The molecule has 1 aromatic rings. The number of nitrogens with one attached hydrogen (secondary N) is 1. The van der Waals surface area contributed by atoms with E-state index in [9.17, 15) is 0 Å². The Kier molecular flexibility index (Phi) is 2.98. The third-order valence-electron chi connectivity index (χ3n) is 1.91. The van der Waals surface area contributed by atoms with Gasteiger partial charge in [-0.15, -0.1) is 0 Å². The molecule has 72 valence electrons. The molecular weight excluding hydrogens is 162 g/mol. The molecule has 0 aliphatic heterocycles. The van der Waals surface area contributed by atoms with E-state index in [0.29, 0.717) is 0 Å². The number of hydrogen-bond donors (Lipinski definition) is 1. The minimum atomic E-state index is 0.137. The quantitative estimate of drug-likeness (QED) is 0.747. The first-order valence-electron chi connectivity index (χ1n) is 4.50. The van der Waals surface area contributed by atoms with Crippen LogP contribution in [0, 0.1) is 0 Å². The highest BCUT2D eigenvalue weighted by Crippen LogP contribution is 2.19. The minimum absolute atomic E-state index is 0.137. The maximum atomic E-state index is 4.26. The van der Waals surface area contributed by atoms with Gasteiger partial charge in [-0.1, -0.05) is 20.8 Å². The first-order chi connectivity index (χ1) is 6.04. The van der Waals surface area contributed by atoms with E-state index in [1.807, 2.05) is 19.4 Å². The van der Waals surface area contributed by atoms with Crippen molar-refractivity contribution in [2.45, 2.75) is 32.7 Å². The summed E-state index contributed by atoms with van der Waals surface area (Å²) in [6, 6.07) is 0. The van der Waals surface area contributed by atoms with Crippen molar-refractivity contribution >= 4 is 0 Å². The van der Waals surface area contributed by atoms with Crippen LogP contribution in [0.1, 0.15) is 32.2 Å². The van der Waals surface area contributed by atoms with Gasteiger partial charge in [-0.3, -0.25) is 0 Å². The van der Waals surface area contributed by atoms with Crippen LogP contribution in [-0.2, 0) is 12.0 Å². The topological polar surface area (TPSA) is 37.8 Å². The predicted octanol–water partition coefficient (Wildman–Crippen LogP) is 1.49. The molecule has 0 bridgehead atoms. The van der Waals surface area contributed by atoms with Crippen molar-refractivity contribution in [2.24, 2.45) is 0 Å². The molecule has 13 heavy (non-hydrogen) atoms. The zero-order valence-electron chi connectivity index (χ0n) is 8.76. The van der Waals surface area contributed by atoms with Gasteiger partial charge in [0, 0.05) is 12.4 Å². The van der Waals surface area contributed by atoms with E-state index in [0.717, 1.165) is 12.4 Å². The lowest BCUT2D eigenvalue weighted by Crippen LogP contribution is -2.14. The second-order valence-electron chi connectivity index (χ2n) is 4.17. The zero-order chi connectivity index (χ0) is 9.90. The van der Waals surface area contributed by atoms with E-state index in [1.54, 1.807) is 0 Å². The number of nitrogens with zero attached hydrogens (tertiary/aromatic N) is 2. The van der Waals surface area contributed by atoms with Crippen molar-refractivity contribution in [1.29, 1.82) is 0 Å². The van der Waals surface area contributed by atoms with E-state index < -0.39 is 0 Å². The summed E-state index contributed by atoms with van der Waals surface area (Å²) in [7, 11) is 1.89. The van der Waals surface area contributed by atoms with Crippen LogP contribution in [0.5, 0.6) is 0 Å². The van der Waals surface area contributed by atoms with Crippen LogP contribution in [0.2, 0.25) is 0 Å². The van der Waals surface area contributed by atoms with Gasteiger partial charge in [0.1, 0.15) is 5.82 Å². The van der Waals surface area contributed by atoms with Crippen molar-refractivity contribution < 1.29 is 0 Å². The zero-order valence-corrected chi connectivity index (χ0v) is 8.76. The Balaban J connectivity index is 2.81. The van der Waals surface area contributed by atoms with Gasteiger partial charge < -0.3 is 5.32 Å². The van der Waals surface area contributed by atoms with Crippen LogP contribution in [-0.4, -0.2) is 17.0 Å². The molecule has 0 aliphatic rings. The van der Waals surface area contributed by atoms with Gasteiger partial charge in [0.05, 0.1) is 6.54 Å². The standard InChI is InChI=1S/C10H17N3/c1-10(2,3)8-5-12-9(7-11-4)13-6-8/h5-6,11H,7H2,1-4H3. The maximum absolute atomic E-state index is 4.26. The minimum Gasteiger partial charge on any atom is -0.313 e. The summed E-state index contributed by atoms with van der Waals surface area (Å²) >= 11 is 0. The summed E-state index contributed by atoms with van der Waals surface area (Å²) in [4.78, 5) is 8.52. The fraction of sp³-hybridized carbons (Fsp3) is 0.600. The molecule has 3 nitrogen and oxygen atoms in total. The highest BCUT2D eigenvalue weighted by atomic mass is 14.9. The molecule has 0 fully saturated rings. The molecule has 0 saturated heterocycles. The molecule has 1 N–H and O–H groups in total. The van der Waals surface area contributed by atoms with Crippen molar-refractivity contribution in [2.75, 3.05) is 7.05 Å². The second kappa shape index (κ2) is 3.83. The smallest absolute Gasteiger partial charge is 0.141 e. The lowest BCUT2D eigenvalue weighted by Gasteiger charge is -2.17. The average Bonchev–Trinajstić information content (AvgIpc) is 2.04. The number of aromatic nitrogens is 2. The lowest BCUT2D eigenvalue weighted by molar-refractivity contribution is 0.580. The van der Waals surface area contributed by atoms with Gasteiger partial charge in [0.2, 0.25) is 0 Å². The second-order valence-corrected chi connectivity index (χ2v) is 4.17. The SMILES string of the molecule is CNCc1ncc(C(C)(C)C)cn1. The molecule has 0 spiro atoms. The number of rotatable bonds is 2. The molecule has 0 amide bonds.